The Hall–Kier alpha value is -0.770. The number of hydrogen-bond donors (Lipinski definition) is 2. The molecule has 1 aliphatic rings. The number of hydrogen-bond acceptors (Lipinski definition) is 3. The van der Waals surface area contributed by atoms with Crippen molar-refractivity contribution in [1.82, 2.24) is 10.9 Å². The van der Waals surface area contributed by atoms with Crippen molar-refractivity contribution in [2.45, 2.75) is 66.0 Å². The maximum Gasteiger partial charge on any atom is 0.422 e. The lowest BCUT2D eigenvalue weighted by Crippen LogP contribution is -2.47. The maximum atomic E-state index is 11.5. The Morgan fingerprint density at radius 2 is 1.88 bits per heavy atom. The van der Waals surface area contributed by atoms with Gasteiger partial charge in [-0.1, -0.05) is 20.8 Å². The zero-order chi connectivity index (χ0) is 13.3. The zero-order valence-electron chi connectivity index (χ0n) is 11.9. The third kappa shape index (κ3) is 4.94. The van der Waals surface area contributed by atoms with E-state index in [1.165, 1.54) is 6.42 Å². The molecule has 2 N–H and O–H groups in total. The summed E-state index contributed by atoms with van der Waals surface area (Å²) in [5.41, 5.74) is 5.62. The fraction of sp³-hybridized carbons (Fsp3) is 0.923. The van der Waals surface area contributed by atoms with Crippen LogP contribution in [0.15, 0.2) is 0 Å². The Bertz CT molecular complexity index is 282. The van der Waals surface area contributed by atoms with Gasteiger partial charge in [0.05, 0.1) is 0 Å². The van der Waals surface area contributed by atoms with E-state index in [2.05, 4.69) is 31.6 Å². The number of hydrazine groups is 1. The van der Waals surface area contributed by atoms with Gasteiger partial charge in [-0.25, -0.2) is 10.2 Å². The van der Waals surface area contributed by atoms with E-state index in [0.29, 0.717) is 17.4 Å². The zero-order valence-corrected chi connectivity index (χ0v) is 11.9. The largest absolute Gasteiger partial charge is 0.443 e. The molecule has 0 aromatic rings. The van der Waals surface area contributed by atoms with Gasteiger partial charge in [-0.2, -0.15) is 0 Å². The van der Waals surface area contributed by atoms with Gasteiger partial charge in [0.1, 0.15) is 5.60 Å². The van der Waals surface area contributed by atoms with Crippen LogP contribution in [-0.4, -0.2) is 17.7 Å². The fourth-order valence-corrected chi connectivity index (χ4v) is 2.54. The molecule has 0 heterocycles. The molecule has 17 heavy (non-hydrogen) atoms. The van der Waals surface area contributed by atoms with Gasteiger partial charge in [0.15, 0.2) is 0 Å². The predicted octanol–water partition coefficient (Wildman–Crippen LogP) is 2.84. The van der Waals surface area contributed by atoms with Crippen molar-refractivity contribution in [1.29, 1.82) is 0 Å². The molecule has 2 atom stereocenters. The van der Waals surface area contributed by atoms with E-state index in [0.717, 1.165) is 6.42 Å². The van der Waals surface area contributed by atoms with E-state index >= 15 is 0 Å². The van der Waals surface area contributed by atoms with Crippen LogP contribution < -0.4 is 10.9 Å². The van der Waals surface area contributed by atoms with Crippen LogP contribution in [0.4, 0.5) is 4.79 Å². The van der Waals surface area contributed by atoms with E-state index in [1.54, 1.807) is 0 Å². The van der Waals surface area contributed by atoms with Crippen LogP contribution in [0.2, 0.25) is 0 Å². The number of amides is 1. The molecule has 4 heteroatoms. The Balaban J connectivity index is 2.34. The minimum atomic E-state index is -0.452. The second kappa shape index (κ2) is 4.84. The van der Waals surface area contributed by atoms with E-state index in [-0.39, 0.29) is 0 Å². The van der Waals surface area contributed by atoms with Crippen molar-refractivity contribution < 1.29 is 9.53 Å². The number of ether oxygens (including phenoxy) is 1. The standard InChI is InChI=1S/C13H26N2O2/c1-9-7-13(5,6)8-10(9)14-15-11(16)17-12(2,3)4/h9-10,14H,7-8H2,1-6H3,(H,15,16). The van der Waals surface area contributed by atoms with Crippen molar-refractivity contribution in [3.8, 4) is 0 Å². The number of carbonyl (C=O) groups is 1. The Labute approximate surface area is 104 Å². The SMILES string of the molecule is CC1CC(C)(C)CC1NNC(=O)OC(C)(C)C. The molecule has 100 valence electrons. The Morgan fingerprint density at radius 3 is 2.29 bits per heavy atom. The average Bonchev–Trinajstić information content (AvgIpc) is 2.33. The first-order chi connectivity index (χ1) is 7.59. The van der Waals surface area contributed by atoms with Gasteiger partial charge >= 0.3 is 6.09 Å². The van der Waals surface area contributed by atoms with E-state index < -0.39 is 11.7 Å². The summed E-state index contributed by atoms with van der Waals surface area (Å²) in [5.74, 6) is 0.569. The topological polar surface area (TPSA) is 50.4 Å². The van der Waals surface area contributed by atoms with Gasteiger partial charge in [-0.15, -0.1) is 0 Å². The number of nitrogens with one attached hydrogen (secondary N) is 2. The summed E-state index contributed by atoms with van der Waals surface area (Å²) >= 11 is 0. The molecule has 0 saturated heterocycles. The first kappa shape index (κ1) is 14.3. The summed E-state index contributed by atoms with van der Waals surface area (Å²) in [5, 5.41) is 0. The molecule has 0 spiro atoms. The molecule has 1 aliphatic carbocycles. The van der Waals surface area contributed by atoms with Crippen molar-refractivity contribution in [3.05, 3.63) is 0 Å². The van der Waals surface area contributed by atoms with Crippen molar-refractivity contribution in [2.75, 3.05) is 0 Å². The van der Waals surface area contributed by atoms with Crippen LogP contribution in [0.1, 0.15) is 54.4 Å². The fourth-order valence-electron chi connectivity index (χ4n) is 2.54. The van der Waals surface area contributed by atoms with Gasteiger partial charge in [-0.3, -0.25) is 5.43 Å². The Morgan fingerprint density at radius 1 is 1.29 bits per heavy atom. The third-order valence-electron chi connectivity index (χ3n) is 3.09. The quantitative estimate of drug-likeness (QED) is 0.732. The van der Waals surface area contributed by atoms with Crippen LogP contribution >= 0.6 is 0 Å². The smallest absolute Gasteiger partial charge is 0.422 e. The normalized spacial score (nSPS) is 27.9. The lowest BCUT2D eigenvalue weighted by Gasteiger charge is -2.23. The summed E-state index contributed by atoms with van der Waals surface area (Å²) in [7, 11) is 0. The van der Waals surface area contributed by atoms with Gasteiger partial charge < -0.3 is 4.74 Å². The average molecular weight is 242 g/mol. The summed E-state index contributed by atoms with van der Waals surface area (Å²) in [6.45, 7) is 12.3. The molecular weight excluding hydrogens is 216 g/mol. The third-order valence-corrected chi connectivity index (χ3v) is 3.09. The van der Waals surface area contributed by atoms with Gasteiger partial charge in [0.2, 0.25) is 0 Å². The molecule has 2 unspecified atom stereocenters. The second-order valence-corrected chi connectivity index (χ2v) is 6.93. The number of rotatable bonds is 2. The molecule has 0 aliphatic heterocycles. The van der Waals surface area contributed by atoms with Crippen LogP contribution in [0, 0.1) is 11.3 Å². The number of carbonyl (C=O) groups excluding carboxylic acids is 1. The molecule has 0 aromatic carbocycles. The highest BCUT2D eigenvalue weighted by Gasteiger charge is 2.36. The molecule has 1 rings (SSSR count). The maximum absolute atomic E-state index is 11.5. The first-order valence-electron chi connectivity index (χ1n) is 6.34. The van der Waals surface area contributed by atoms with E-state index in [9.17, 15) is 4.79 Å². The van der Waals surface area contributed by atoms with E-state index in [1.807, 2.05) is 20.8 Å². The minimum absolute atomic E-state index is 0.331. The highest BCUT2D eigenvalue weighted by Crippen LogP contribution is 2.40. The lowest BCUT2D eigenvalue weighted by atomic mass is 9.91. The molecule has 0 radical (unpaired) electrons. The first-order valence-corrected chi connectivity index (χ1v) is 6.34. The van der Waals surface area contributed by atoms with Gasteiger partial charge in [-0.05, 0) is 44.9 Å². The molecule has 4 nitrogen and oxygen atoms in total. The minimum Gasteiger partial charge on any atom is -0.443 e. The highest BCUT2D eigenvalue weighted by molar-refractivity contribution is 5.67. The predicted molar refractivity (Wildman–Crippen MR) is 68.5 cm³/mol. The van der Waals surface area contributed by atoms with Gasteiger partial charge in [0.25, 0.3) is 0 Å². The monoisotopic (exact) mass is 242 g/mol. The van der Waals surface area contributed by atoms with Crippen LogP contribution in [0.5, 0.6) is 0 Å². The lowest BCUT2D eigenvalue weighted by molar-refractivity contribution is 0.0483. The summed E-state index contributed by atoms with van der Waals surface area (Å²) < 4.78 is 5.17. The van der Waals surface area contributed by atoms with Crippen molar-refractivity contribution >= 4 is 6.09 Å². The summed E-state index contributed by atoms with van der Waals surface area (Å²) in [6, 6.07) is 0.331. The van der Waals surface area contributed by atoms with E-state index in [4.69, 9.17) is 4.74 Å². The molecule has 0 aromatic heterocycles. The molecular formula is C13H26N2O2. The second-order valence-electron chi connectivity index (χ2n) is 6.93. The molecule has 1 amide bonds. The van der Waals surface area contributed by atoms with Crippen LogP contribution in [-0.2, 0) is 4.74 Å². The van der Waals surface area contributed by atoms with Crippen molar-refractivity contribution in [3.63, 3.8) is 0 Å². The summed E-state index contributed by atoms with van der Waals surface area (Å²) in [4.78, 5) is 11.5. The molecule has 1 saturated carbocycles. The Kier molecular flexibility index (Phi) is 4.07. The van der Waals surface area contributed by atoms with Gasteiger partial charge in [0, 0.05) is 6.04 Å². The molecule has 0 bridgehead atoms. The van der Waals surface area contributed by atoms with Crippen LogP contribution in [0.25, 0.3) is 0 Å². The van der Waals surface area contributed by atoms with Crippen molar-refractivity contribution in [2.24, 2.45) is 11.3 Å². The molecule has 1 fully saturated rings. The summed E-state index contributed by atoms with van der Waals surface area (Å²) in [6.07, 6.45) is 1.85. The van der Waals surface area contributed by atoms with Crippen LogP contribution in [0.3, 0.4) is 0 Å². The highest BCUT2D eigenvalue weighted by atomic mass is 16.6.